The molecule has 0 radical (unpaired) electrons. The smallest absolute Gasteiger partial charge is 0.330 e. The quantitative estimate of drug-likeness (QED) is 0.279. The summed E-state index contributed by atoms with van der Waals surface area (Å²) in [5.74, 6) is -2.48. The highest BCUT2D eigenvalue weighted by Gasteiger charge is 2.75. The molecule has 190 valence electrons. The van der Waals surface area contributed by atoms with Crippen molar-refractivity contribution >= 4 is 11.8 Å². The number of esters is 1. The maximum atomic E-state index is 12.9. The Hall–Kier alpha value is -1.54. The van der Waals surface area contributed by atoms with Crippen molar-refractivity contribution in [2.75, 3.05) is 0 Å². The molecule has 4 aliphatic carbocycles. The van der Waals surface area contributed by atoms with Crippen LogP contribution in [0, 0.1) is 23.2 Å². The number of hydrogen-bond acceptors (Lipinski definition) is 7. The summed E-state index contributed by atoms with van der Waals surface area (Å²) in [6.07, 6.45) is 4.16. The molecule has 7 nitrogen and oxygen atoms in total. The fraction of sp³-hybridized carbons (Fsp3) is 0.778. The van der Waals surface area contributed by atoms with Crippen LogP contribution in [0.2, 0.25) is 0 Å². The highest BCUT2D eigenvalue weighted by atomic mass is 16.5. The molecule has 3 fully saturated rings. The van der Waals surface area contributed by atoms with Crippen molar-refractivity contribution in [3.8, 4) is 0 Å². The maximum Gasteiger partial charge on any atom is 0.330 e. The van der Waals surface area contributed by atoms with Crippen LogP contribution in [-0.2, 0) is 14.3 Å². The molecule has 0 bridgehead atoms. The summed E-state index contributed by atoms with van der Waals surface area (Å²) in [7, 11) is 0. The summed E-state index contributed by atoms with van der Waals surface area (Å²) in [6, 6.07) is 0. The molecule has 0 amide bonds. The van der Waals surface area contributed by atoms with Gasteiger partial charge in [-0.2, -0.15) is 0 Å². The fourth-order valence-electron chi connectivity index (χ4n) is 7.42. The molecule has 4 rings (SSSR count). The van der Waals surface area contributed by atoms with Crippen LogP contribution in [0.5, 0.6) is 0 Å². The molecular formula is C27H40O7. The number of carbonyl (C=O) groups is 2. The molecule has 4 aliphatic rings. The van der Waals surface area contributed by atoms with Crippen LogP contribution < -0.4 is 0 Å². The molecule has 2 unspecified atom stereocenters. The van der Waals surface area contributed by atoms with E-state index in [1.165, 1.54) is 13.0 Å². The van der Waals surface area contributed by atoms with E-state index in [2.05, 4.69) is 6.92 Å². The van der Waals surface area contributed by atoms with Crippen molar-refractivity contribution in [3.05, 3.63) is 23.3 Å². The van der Waals surface area contributed by atoms with Gasteiger partial charge in [-0.05, 0) is 70.1 Å². The third-order valence-corrected chi connectivity index (χ3v) is 9.83. The third kappa shape index (κ3) is 3.54. The van der Waals surface area contributed by atoms with Crippen LogP contribution in [0.1, 0.15) is 79.6 Å². The summed E-state index contributed by atoms with van der Waals surface area (Å²) < 4.78 is 5.91. The zero-order chi connectivity index (χ0) is 25.3. The van der Waals surface area contributed by atoms with Crippen molar-refractivity contribution in [3.63, 3.8) is 0 Å². The molecular weight excluding hydrogens is 436 g/mol. The van der Waals surface area contributed by atoms with E-state index in [1.54, 1.807) is 0 Å². The van der Waals surface area contributed by atoms with Crippen LogP contribution in [0.15, 0.2) is 23.3 Å². The van der Waals surface area contributed by atoms with E-state index in [1.807, 2.05) is 26.8 Å². The SMILES string of the molecule is CC(=O)[C@]1(O)CC[C@@]2(O)C1[C@H](OC(=O)/C=C(\C)C(C)C)CC1[C@@]3(C)CC[C@H](O)CC3=CC[C@]12O. The van der Waals surface area contributed by atoms with Crippen LogP contribution in [0.25, 0.3) is 0 Å². The second-order valence-electron chi connectivity index (χ2n) is 11.9. The lowest BCUT2D eigenvalue weighted by atomic mass is 9.46. The first-order valence-corrected chi connectivity index (χ1v) is 12.6. The number of carbonyl (C=O) groups excluding carboxylic acids is 2. The van der Waals surface area contributed by atoms with Crippen molar-refractivity contribution in [2.24, 2.45) is 23.2 Å². The molecule has 4 N–H and O–H groups in total. The van der Waals surface area contributed by atoms with Gasteiger partial charge in [0.05, 0.1) is 12.0 Å². The molecule has 7 heteroatoms. The van der Waals surface area contributed by atoms with Gasteiger partial charge in [-0.25, -0.2) is 4.79 Å². The van der Waals surface area contributed by atoms with Crippen LogP contribution in [0.4, 0.5) is 0 Å². The Labute approximate surface area is 201 Å². The van der Waals surface area contributed by atoms with E-state index in [0.29, 0.717) is 19.3 Å². The van der Waals surface area contributed by atoms with Crippen molar-refractivity contribution in [2.45, 2.75) is 109 Å². The molecule has 0 heterocycles. The van der Waals surface area contributed by atoms with Gasteiger partial charge in [-0.15, -0.1) is 0 Å². The maximum absolute atomic E-state index is 12.9. The predicted octanol–water partition coefficient (Wildman–Crippen LogP) is 2.59. The van der Waals surface area contributed by atoms with E-state index in [4.69, 9.17) is 4.74 Å². The summed E-state index contributed by atoms with van der Waals surface area (Å²) in [4.78, 5) is 25.5. The van der Waals surface area contributed by atoms with Gasteiger partial charge in [0.25, 0.3) is 0 Å². The summed E-state index contributed by atoms with van der Waals surface area (Å²) in [6.45, 7) is 9.12. The minimum Gasteiger partial charge on any atom is -0.459 e. The summed E-state index contributed by atoms with van der Waals surface area (Å²) >= 11 is 0. The highest BCUT2D eigenvalue weighted by Crippen LogP contribution is 2.66. The molecule has 0 saturated heterocycles. The van der Waals surface area contributed by atoms with E-state index >= 15 is 0 Å². The Bertz CT molecular complexity index is 937. The molecule has 34 heavy (non-hydrogen) atoms. The van der Waals surface area contributed by atoms with Gasteiger partial charge >= 0.3 is 5.97 Å². The molecule has 0 spiro atoms. The number of allylic oxidation sites excluding steroid dienone is 1. The van der Waals surface area contributed by atoms with Gasteiger partial charge in [0.15, 0.2) is 5.78 Å². The average Bonchev–Trinajstić information content (AvgIpc) is 3.04. The molecule has 0 aromatic heterocycles. The fourth-order valence-corrected chi connectivity index (χ4v) is 7.42. The predicted molar refractivity (Wildman–Crippen MR) is 126 cm³/mol. The minimum absolute atomic E-state index is 0.000554. The zero-order valence-electron chi connectivity index (χ0n) is 21.0. The van der Waals surface area contributed by atoms with E-state index in [9.17, 15) is 30.0 Å². The Kier molecular flexibility index (Phi) is 6.20. The van der Waals surface area contributed by atoms with Gasteiger partial charge in [-0.1, -0.05) is 38.0 Å². The van der Waals surface area contributed by atoms with Crippen LogP contribution in [0.3, 0.4) is 0 Å². The Morgan fingerprint density at radius 3 is 2.41 bits per heavy atom. The normalized spacial score (nSPS) is 46.3. The highest BCUT2D eigenvalue weighted by molar-refractivity contribution is 5.86. The first kappa shape index (κ1) is 25.5. The molecule has 0 aromatic rings. The van der Waals surface area contributed by atoms with E-state index < -0.39 is 58.0 Å². The first-order valence-electron chi connectivity index (χ1n) is 12.6. The second kappa shape index (κ2) is 8.26. The van der Waals surface area contributed by atoms with Gasteiger partial charge < -0.3 is 25.2 Å². The van der Waals surface area contributed by atoms with E-state index in [-0.39, 0.29) is 31.6 Å². The number of aliphatic hydroxyl groups is 4. The van der Waals surface area contributed by atoms with Crippen LogP contribution >= 0.6 is 0 Å². The topological polar surface area (TPSA) is 124 Å². The minimum atomic E-state index is -1.88. The number of ether oxygens (including phenoxy) is 1. The monoisotopic (exact) mass is 476 g/mol. The van der Waals surface area contributed by atoms with Crippen molar-refractivity contribution in [1.82, 2.24) is 0 Å². The van der Waals surface area contributed by atoms with Crippen molar-refractivity contribution in [1.29, 1.82) is 0 Å². The number of Topliss-reactive ketones (excluding diaryl/α,β-unsaturated/α-hetero) is 1. The molecule has 3 saturated carbocycles. The number of hydrogen-bond donors (Lipinski definition) is 4. The number of ketones is 1. The van der Waals surface area contributed by atoms with Gasteiger partial charge in [0.1, 0.15) is 22.9 Å². The number of rotatable bonds is 4. The first-order chi connectivity index (χ1) is 15.7. The molecule has 0 aliphatic heterocycles. The third-order valence-electron chi connectivity index (χ3n) is 9.83. The zero-order valence-corrected chi connectivity index (χ0v) is 21.0. The Morgan fingerprint density at radius 2 is 1.79 bits per heavy atom. The number of aliphatic hydroxyl groups excluding tert-OH is 1. The average molecular weight is 477 g/mol. The van der Waals surface area contributed by atoms with Gasteiger partial charge in [0.2, 0.25) is 0 Å². The second-order valence-corrected chi connectivity index (χ2v) is 11.9. The lowest BCUT2D eigenvalue weighted by molar-refractivity contribution is -0.279. The van der Waals surface area contributed by atoms with Gasteiger partial charge in [-0.3, -0.25) is 4.79 Å². The van der Waals surface area contributed by atoms with Crippen molar-refractivity contribution < 1.29 is 34.8 Å². The van der Waals surface area contributed by atoms with Gasteiger partial charge in [0, 0.05) is 12.0 Å². The van der Waals surface area contributed by atoms with Crippen LogP contribution in [-0.4, -0.2) is 61.2 Å². The van der Waals surface area contributed by atoms with E-state index in [0.717, 1.165) is 11.1 Å². The molecule has 0 aromatic carbocycles. The number of fused-ring (bicyclic) bond motifs is 5. The molecule has 8 atom stereocenters. The Morgan fingerprint density at radius 1 is 1.12 bits per heavy atom. The standard InChI is InChI=1S/C27H40O7/c1-15(2)16(3)12-22(30)34-20-14-21-24(5)8-7-19(29)13-18(24)6-9-26(21,32)27(33)11-10-25(31,17(4)28)23(20)27/h6,12,15,19-21,23,29,31-33H,7-11,13-14H2,1-5H3/b16-12+/t19-,20+,21?,23?,24-,25+,26-,27+/m0/s1. The largest absolute Gasteiger partial charge is 0.459 e. The summed E-state index contributed by atoms with van der Waals surface area (Å²) in [5.41, 5.74) is -3.84. The Balaban J connectivity index is 1.79. The lowest BCUT2D eigenvalue weighted by Crippen LogP contribution is -2.73. The lowest BCUT2D eigenvalue weighted by Gasteiger charge is -2.63. The summed E-state index contributed by atoms with van der Waals surface area (Å²) in [5, 5.41) is 46.0.